The van der Waals surface area contributed by atoms with Crippen molar-refractivity contribution in [2.45, 2.75) is 38.1 Å². The second-order valence-electron chi connectivity index (χ2n) is 8.00. The van der Waals surface area contributed by atoms with Crippen LogP contribution in [0.1, 0.15) is 40.7 Å². The van der Waals surface area contributed by atoms with Gasteiger partial charge in [0.25, 0.3) is 5.91 Å². The van der Waals surface area contributed by atoms with E-state index in [4.69, 9.17) is 4.42 Å². The van der Waals surface area contributed by atoms with Crippen molar-refractivity contribution in [3.63, 3.8) is 0 Å². The minimum atomic E-state index is -0.0983. The number of nitrogens with one attached hydrogen (secondary N) is 1. The Labute approximate surface area is 170 Å². The molecule has 148 valence electrons. The number of oxazole rings is 1. The molecular formula is C24H25N3O2. The predicted molar refractivity (Wildman–Crippen MR) is 113 cm³/mol. The Morgan fingerprint density at radius 2 is 1.83 bits per heavy atom. The lowest BCUT2D eigenvalue weighted by Crippen LogP contribution is -2.41. The molecule has 2 aliphatic rings. The highest BCUT2D eigenvalue weighted by atomic mass is 16.3. The first-order valence-electron chi connectivity index (χ1n) is 10.4. The Morgan fingerprint density at radius 1 is 1.03 bits per heavy atom. The van der Waals surface area contributed by atoms with Gasteiger partial charge in [0, 0.05) is 35.9 Å². The number of anilines is 1. The largest absolute Gasteiger partial charge is 0.444 e. The summed E-state index contributed by atoms with van der Waals surface area (Å²) in [5, 5.41) is 3.05. The second-order valence-corrected chi connectivity index (χ2v) is 8.00. The van der Waals surface area contributed by atoms with Crippen LogP contribution >= 0.6 is 0 Å². The van der Waals surface area contributed by atoms with Crippen molar-refractivity contribution in [3.05, 3.63) is 71.7 Å². The summed E-state index contributed by atoms with van der Waals surface area (Å²) >= 11 is 0. The Morgan fingerprint density at radius 3 is 2.52 bits per heavy atom. The third kappa shape index (κ3) is 3.83. The molecule has 1 fully saturated rings. The summed E-state index contributed by atoms with van der Waals surface area (Å²) in [7, 11) is 0. The number of benzene rings is 2. The molecule has 1 N–H and O–H groups in total. The smallest absolute Gasteiger partial charge is 0.255 e. The predicted octanol–water partition coefficient (Wildman–Crippen LogP) is 4.55. The van der Waals surface area contributed by atoms with Gasteiger partial charge in [0.1, 0.15) is 0 Å². The molecule has 1 amide bonds. The van der Waals surface area contributed by atoms with Crippen LogP contribution in [0.3, 0.4) is 0 Å². The molecule has 5 heteroatoms. The van der Waals surface area contributed by atoms with E-state index in [0.29, 0.717) is 11.3 Å². The van der Waals surface area contributed by atoms with Crippen molar-refractivity contribution >= 4 is 11.6 Å². The molecule has 1 saturated carbocycles. The normalized spacial score (nSPS) is 17.2. The molecule has 1 aliphatic heterocycles. The number of rotatable bonds is 4. The van der Waals surface area contributed by atoms with Gasteiger partial charge >= 0.3 is 0 Å². The second kappa shape index (κ2) is 7.84. The van der Waals surface area contributed by atoms with Crippen molar-refractivity contribution < 1.29 is 9.21 Å². The van der Waals surface area contributed by atoms with Crippen molar-refractivity contribution in [3.8, 4) is 11.3 Å². The van der Waals surface area contributed by atoms with Gasteiger partial charge in [-0.25, -0.2) is 4.98 Å². The standard InChI is InChI=1S/C24H25N3O2/c28-24(19-6-4-18(5-7-19)23-15-25-16-29-23)26-21-9-8-17-10-12-27(22-2-1-3-22)13-11-20(17)14-21/h4-9,14-16,22H,1-3,10-13H2,(H,26,28). The summed E-state index contributed by atoms with van der Waals surface area (Å²) in [4.78, 5) is 19.3. The molecule has 0 bridgehead atoms. The molecule has 0 saturated heterocycles. The molecule has 29 heavy (non-hydrogen) atoms. The van der Waals surface area contributed by atoms with Gasteiger partial charge in [0.15, 0.2) is 12.2 Å². The van der Waals surface area contributed by atoms with E-state index in [1.165, 1.54) is 36.8 Å². The highest BCUT2D eigenvalue weighted by molar-refractivity contribution is 6.04. The summed E-state index contributed by atoms with van der Waals surface area (Å²) in [6.45, 7) is 2.28. The number of hydrogen-bond donors (Lipinski definition) is 1. The highest BCUT2D eigenvalue weighted by Gasteiger charge is 2.26. The summed E-state index contributed by atoms with van der Waals surface area (Å²) < 4.78 is 5.30. The molecular weight excluding hydrogens is 362 g/mol. The topological polar surface area (TPSA) is 58.4 Å². The summed E-state index contributed by atoms with van der Waals surface area (Å²) in [6.07, 6.45) is 9.31. The van der Waals surface area contributed by atoms with Crippen LogP contribution in [0.15, 0.2) is 59.5 Å². The van der Waals surface area contributed by atoms with Gasteiger partial charge in [-0.1, -0.05) is 24.6 Å². The van der Waals surface area contributed by atoms with Gasteiger partial charge in [-0.15, -0.1) is 0 Å². The van der Waals surface area contributed by atoms with Gasteiger partial charge in [-0.2, -0.15) is 0 Å². The van der Waals surface area contributed by atoms with Crippen LogP contribution in [0.25, 0.3) is 11.3 Å². The Balaban J connectivity index is 1.26. The minimum absolute atomic E-state index is 0.0983. The van der Waals surface area contributed by atoms with Crippen molar-refractivity contribution in [1.29, 1.82) is 0 Å². The summed E-state index contributed by atoms with van der Waals surface area (Å²) in [5.41, 5.74) is 5.18. The minimum Gasteiger partial charge on any atom is -0.444 e. The molecule has 1 aromatic heterocycles. The van der Waals surface area contributed by atoms with Gasteiger partial charge < -0.3 is 9.73 Å². The summed E-state index contributed by atoms with van der Waals surface area (Å²) in [6, 6.07) is 14.5. The first-order chi connectivity index (χ1) is 14.3. The molecule has 2 aromatic carbocycles. The van der Waals surface area contributed by atoms with Crippen LogP contribution < -0.4 is 5.32 Å². The first kappa shape index (κ1) is 18.1. The molecule has 0 atom stereocenters. The zero-order valence-corrected chi connectivity index (χ0v) is 16.4. The number of amides is 1. The van der Waals surface area contributed by atoms with Gasteiger partial charge in [-0.3, -0.25) is 9.69 Å². The molecule has 1 aliphatic carbocycles. The fourth-order valence-electron chi connectivity index (χ4n) is 4.28. The number of fused-ring (bicyclic) bond motifs is 1. The lowest BCUT2D eigenvalue weighted by molar-refractivity contribution is 0.102. The average Bonchev–Trinajstić information content (AvgIpc) is 3.17. The number of aromatic nitrogens is 1. The number of nitrogens with zero attached hydrogens (tertiary/aromatic N) is 2. The summed E-state index contributed by atoms with van der Waals surface area (Å²) in [5.74, 6) is 0.595. The van der Waals surface area contributed by atoms with Gasteiger partial charge in [0.2, 0.25) is 0 Å². The maximum atomic E-state index is 12.7. The van der Waals surface area contributed by atoms with Crippen LogP contribution in [-0.4, -0.2) is 34.9 Å². The number of hydrogen-bond acceptors (Lipinski definition) is 4. The van der Waals surface area contributed by atoms with Crippen molar-refractivity contribution in [1.82, 2.24) is 9.88 Å². The molecule has 3 aromatic rings. The van der Waals surface area contributed by atoms with E-state index in [1.54, 1.807) is 6.20 Å². The third-order valence-corrected chi connectivity index (χ3v) is 6.26. The van der Waals surface area contributed by atoms with E-state index in [0.717, 1.165) is 43.2 Å². The van der Waals surface area contributed by atoms with Gasteiger partial charge in [0.05, 0.1) is 6.20 Å². The lowest BCUT2D eigenvalue weighted by atomic mass is 9.91. The maximum absolute atomic E-state index is 12.7. The molecule has 5 nitrogen and oxygen atoms in total. The Kier molecular flexibility index (Phi) is 4.90. The van der Waals surface area contributed by atoms with Crippen LogP contribution in [0.5, 0.6) is 0 Å². The van der Waals surface area contributed by atoms with E-state index >= 15 is 0 Å². The van der Waals surface area contributed by atoms with Crippen LogP contribution in [0.2, 0.25) is 0 Å². The average molecular weight is 387 g/mol. The fraction of sp³-hybridized carbons (Fsp3) is 0.333. The SMILES string of the molecule is O=C(Nc1ccc2c(c1)CCN(C1CCC1)CC2)c1ccc(-c2cnco2)cc1. The molecule has 0 unspecified atom stereocenters. The van der Waals surface area contributed by atoms with Crippen molar-refractivity contribution in [2.75, 3.05) is 18.4 Å². The molecule has 5 rings (SSSR count). The van der Waals surface area contributed by atoms with Gasteiger partial charge in [-0.05, 0) is 61.1 Å². The van der Waals surface area contributed by atoms with E-state index in [-0.39, 0.29) is 5.91 Å². The third-order valence-electron chi connectivity index (χ3n) is 6.26. The van der Waals surface area contributed by atoms with Crippen molar-refractivity contribution in [2.24, 2.45) is 0 Å². The monoisotopic (exact) mass is 387 g/mol. The van der Waals surface area contributed by atoms with Crippen LogP contribution in [0, 0.1) is 0 Å². The highest BCUT2D eigenvalue weighted by Crippen LogP contribution is 2.28. The molecule has 0 radical (unpaired) electrons. The first-order valence-corrected chi connectivity index (χ1v) is 10.4. The number of carbonyl (C=O) groups is 1. The van der Waals surface area contributed by atoms with E-state index in [2.05, 4.69) is 27.3 Å². The Hall–Kier alpha value is -2.92. The van der Waals surface area contributed by atoms with E-state index in [1.807, 2.05) is 30.3 Å². The quantitative estimate of drug-likeness (QED) is 0.714. The molecule has 0 spiro atoms. The Bertz CT molecular complexity index is 991. The van der Waals surface area contributed by atoms with E-state index < -0.39 is 0 Å². The van der Waals surface area contributed by atoms with Crippen LogP contribution in [-0.2, 0) is 12.8 Å². The maximum Gasteiger partial charge on any atom is 0.255 e. The fourth-order valence-corrected chi connectivity index (χ4v) is 4.28. The van der Waals surface area contributed by atoms with E-state index in [9.17, 15) is 4.79 Å². The lowest BCUT2D eigenvalue weighted by Gasteiger charge is -2.36. The molecule has 2 heterocycles. The zero-order chi connectivity index (χ0) is 19.6. The van der Waals surface area contributed by atoms with Crippen LogP contribution in [0.4, 0.5) is 5.69 Å². The number of carbonyl (C=O) groups excluding carboxylic acids is 1. The zero-order valence-electron chi connectivity index (χ0n) is 16.4.